The number of rotatable bonds is 9. The average Bonchev–Trinajstić information content (AvgIpc) is 2.64. The molecule has 0 aliphatic heterocycles. The molecule has 0 saturated heterocycles. The van der Waals surface area contributed by atoms with Gasteiger partial charge in [-0.3, -0.25) is 4.79 Å². The Kier molecular flexibility index (Phi) is 9.42. The van der Waals surface area contributed by atoms with E-state index < -0.39 is 24.0 Å². The highest BCUT2D eigenvalue weighted by Gasteiger charge is 2.31. The Bertz CT molecular complexity index is 784. The number of carbonyl (C=O) groups is 2. The zero-order chi connectivity index (χ0) is 24.9. The van der Waals surface area contributed by atoms with Crippen molar-refractivity contribution in [1.29, 1.82) is 0 Å². The number of hydrogen-bond donors (Lipinski definition) is 2. The topological polar surface area (TPSA) is 105 Å². The maximum Gasteiger partial charge on any atom is 0.328 e. The van der Waals surface area contributed by atoms with Gasteiger partial charge in [-0.1, -0.05) is 72.7 Å². The van der Waals surface area contributed by atoms with Gasteiger partial charge in [0.15, 0.2) is 6.04 Å². The van der Waals surface area contributed by atoms with Crippen LogP contribution in [0.15, 0.2) is 17.3 Å². The van der Waals surface area contributed by atoms with Crippen LogP contribution < -0.4 is 5.32 Å². The standard InChI is InChI=1S/C25H40N2O5/c1-10-32-23(30)20(26-22(29)19(27-31)11-15(2)3)14-16-12-17(24(4,5)6)21(28)18(13-16)25(7,8)9/h12-13,15,19-20,28H,10-11,14H2,1-9H3,(H,26,29)/t19?,20-/m0/s1. The molecule has 1 unspecified atom stereocenters. The molecule has 1 aromatic rings. The van der Waals surface area contributed by atoms with Crippen LogP contribution in [0.4, 0.5) is 0 Å². The van der Waals surface area contributed by atoms with Crippen LogP contribution in [0, 0.1) is 10.8 Å². The fourth-order valence-corrected chi connectivity index (χ4v) is 3.54. The van der Waals surface area contributed by atoms with Crippen LogP contribution in [0.2, 0.25) is 0 Å². The molecule has 7 heteroatoms. The molecule has 0 radical (unpaired) electrons. The maximum atomic E-state index is 12.7. The number of esters is 1. The van der Waals surface area contributed by atoms with Crippen molar-refractivity contribution in [3.05, 3.63) is 33.7 Å². The predicted octanol–water partition coefficient (Wildman–Crippen LogP) is 4.76. The summed E-state index contributed by atoms with van der Waals surface area (Å²) < 4.78 is 5.18. The van der Waals surface area contributed by atoms with Crippen molar-refractivity contribution >= 4 is 11.9 Å². The van der Waals surface area contributed by atoms with Crippen LogP contribution in [0.5, 0.6) is 5.75 Å². The summed E-state index contributed by atoms with van der Waals surface area (Å²) in [4.78, 5) is 36.5. The number of nitrogens with one attached hydrogen (secondary N) is 1. The van der Waals surface area contributed by atoms with Crippen LogP contribution in [0.25, 0.3) is 0 Å². The zero-order valence-corrected chi connectivity index (χ0v) is 21.0. The van der Waals surface area contributed by atoms with Crippen LogP contribution in [0.3, 0.4) is 0 Å². The fourth-order valence-electron chi connectivity index (χ4n) is 3.54. The van der Waals surface area contributed by atoms with Crippen molar-refractivity contribution in [2.45, 2.75) is 98.1 Å². The molecule has 0 aliphatic carbocycles. The molecule has 1 rings (SSSR count). The van der Waals surface area contributed by atoms with Gasteiger partial charge in [0, 0.05) is 6.42 Å². The lowest BCUT2D eigenvalue weighted by molar-refractivity contribution is -0.147. The van der Waals surface area contributed by atoms with Crippen molar-refractivity contribution < 1.29 is 19.4 Å². The summed E-state index contributed by atoms with van der Waals surface area (Å²) in [7, 11) is 0. The van der Waals surface area contributed by atoms with Crippen LogP contribution in [-0.2, 0) is 31.6 Å². The molecule has 0 fully saturated rings. The molecule has 0 spiro atoms. The number of hydrogen-bond acceptors (Lipinski definition) is 6. The first-order chi connectivity index (χ1) is 14.6. The Labute approximate surface area is 192 Å². The van der Waals surface area contributed by atoms with E-state index in [0.29, 0.717) is 6.42 Å². The maximum absolute atomic E-state index is 12.7. The van der Waals surface area contributed by atoms with Gasteiger partial charge in [-0.25, -0.2) is 4.79 Å². The smallest absolute Gasteiger partial charge is 0.328 e. The van der Waals surface area contributed by atoms with Gasteiger partial charge in [-0.05, 0) is 46.8 Å². The summed E-state index contributed by atoms with van der Waals surface area (Å²) in [6.45, 7) is 17.7. The molecule has 0 saturated carbocycles. The quantitative estimate of drug-likeness (QED) is 0.419. The summed E-state index contributed by atoms with van der Waals surface area (Å²) in [6, 6.07) is 1.70. The van der Waals surface area contributed by atoms with Crippen LogP contribution in [0.1, 0.15) is 85.4 Å². The summed E-state index contributed by atoms with van der Waals surface area (Å²) in [5.41, 5.74) is 1.66. The molecule has 0 aliphatic rings. The third-order valence-electron chi connectivity index (χ3n) is 5.24. The second-order valence-electron chi connectivity index (χ2n) is 10.8. The first kappa shape index (κ1) is 27.6. The summed E-state index contributed by atoms with van der Waals surface area (Å²) in [5.74, 6) is -0.812. The Balaban J connectivity index is 3.39. The van der Waals surface area contributed by atoms with E-state index in [4.69, 9.17) is 4.74 Å². The number of aromatic hydroxyl groups is 1. The number of phenols is 1. The Morgan fingerprint density at radius 1 is 1.06 bits per heavy atom. The molecule has 2 N–H and O–H groups in total. The molecule has 2 atom stereocenters. The van der Waals surface area contributed by atoms with Crippen molar-refractivity contribution in [1.82, 2.24) is 5.32 Å². The predicted molar refractivity (Wildman–Crippen MR) is 127 cm³/mol. The molecule has 1 aromatic carbocycles. The van der Waals surface area contributed by atoms with Crippen molar-refractivity contribution in [3.8, 4) is 5.75 Å². The highest BCUT2D eigenvalue weighted by atomic mass is 16.5. The molecule has 1 amide bonds. The van der Waals surface area contributed by atoms with Gasteiger partial charge >= 0.3 is 5.97 Å². The lowest BCUT2D eigenvalue weighted by atomic mass is 9.78. The molecule has 0 heterocycles. The van der Waals surface area contributed by atoms with Gasteiger partial charge in [0.05, 0.1) is 6.61 Å². The van der Waals surface area contributed by atoms with E-state index in [1.54, 1.807) is 6.92 Å². The third kappa shape index (κ3) is 7.61. The number of carbonyl (C=O) groups excluding carboxylic acids is 2. The van der Waals surface area contributed by atoms with Crippen molar-refractivity contribution in [3.63, 3.8) is 0 Å². The van der Waals surface area contributed by atoms with Gasteiger partial charge in [0.2, 0.25) is 5.91 Å². The fraction of sp³-hybridized carbons (Fsp3) is 0.680. The monoisotopic (exact) mass is 448 g/mol. The van der Waals surface area contributed by atoms with E-state index in [9.17, 15) is 19.6 Å². The second-order valence-corrected chi connectivity index (χ2v) is 10.8. The second kappa shape index (κ2) is 10.9. The van der Waals surface area contributed by atoms with Gasteiger partial charge in [0.1, 0.15) is 11.8 Å². The van der Waals surface area contributed by atoms with Crippen molar-refractivity contribution in [2.75, 3.05) is 6.61 Å². The SMILES string of the molecule is CCOC(=O)[C@H](Cc1cc(C(C)(C)C)c(O)c(C(C)(C)C)c1)NC(=O)C(CC(C)C)N=O. The minimum absolute atomic E-state index is 0.102. The Morgan fingerprint density at radius 3 is 1.94 bits per heavy atom. The van der Waals surface area contributed by atoms with Crippen molar-refractivity contribution in [2.24, 2.45) is 11.1 Å². The molecule has 180 valence electrons. The molecule has 0 aromatic heterocycles. The molecule has 0 bridgehead atoms. The average molecular weight is 449 g/mol. The first-order valence-corrected chi connectivity index (χ1v) is 11.3. The molecular formula is C25H40N2O5. The normalized spacial score (nSPS) is 14.1. The van der Waals surface area contributed by atoms with E-state index in [0.717, 1.165) is 16.7 Å². The molecule has 7 nitrogen and oxygen atoms in total. The summed E-state index contributed by atoms with van der Waals surface area (Å²) in [6.07, 6.45) is 0.469. The number of nitrogens with zero attached hydrogens (tertiary/aromatic N) is 1. The third-order valence-corrected chi connectivity index (χ3v) is 5.24. The van der Waals surface area contributed by atoms with Gasteiger partial charge in [-0.15, -0.1) is 4.91 Å². The van der Waals surface area contributed by atoms with E-state index in [1.807, 2.05) is 67.5 Å². The minimum Gasteiger partial charge on any atom is -0.507 e. The zero-order valence-electron chi connectivity index (χ0n) is 21.0. The molecular weight excluding hydrogens is 408 g/mol. The highest BCUT2D eigenvalue weighted by molar-refractivity contribution is 5.87. The summed E-state index contributed by atoms with van der Waals surface area (Å²) in [5, 5.41) is 16.6. The van der Waals surface area contributed by atoms with Gasteiger partial charge < -0.3 is 15.2 Å². The van der Waals surface area contributed by atoms with E-state index in [1.165, 1.54) is 0 Å². The largest absolute Gasteiger partial charge is 0.507 e. The van der Waals surface area contributed by atoms with E-state index in [2.05, 4.69) is 10.5 Å². The lowest BCUT2D eigenvalue weighted by Crippen LogP contribution is -2.47. The minimum atomic E-state index is -1.07. The van der Waals surface area contributed by atoms with Gasteiger partial charge in [0.25, 0.3) is 0 Å². The number of phenolic OH excluding ortho intramolecular Hbond substituents is 1. The number of amides is 1. The van der Waals surface area contributed by atoms with Crippen LogP contribution >= 0.6 is 0 Å². The van der Waals surface area contributed by atoms with Crippen LogP contribution in [-0.4, -0.2) is 35.7 Å². The number of benzene rings is 1. The lowest BCUT2D eigenvalue weighted by Gasteiger charge is -2.29. The highest BCUT2D eigenvalue weighted by Crippen LogP contribution is 2.40. The number of ether oxygens (including phenoxy) is 1. The summed E-state index contributed by atoms with van der Waals surface area (Å²) >= 11 is 0. The number of nitroso groups, excluding NO2 is 1. The molecule has 32 heavy (non-hydrogen) atoms. The van der Waals surface area contributed by atoms with E-state index in [-0.39, 0.29) is 35.5 Å². The van der Waals surface area contributed by atoms with E-state index >= 15 is 0 Å². The Hall–Kier alpha value is -2.44. The first-order valence-electron chi connectivity index (χ1n) is 11.3. The van der Waals surface area contributed by atoms with Gasteiger partial charge in [-0.2, -0.15) is 0 Å². The Morgan fingerprint density at radius 2 is 1.56 bits per heavy atom.